The van der Waals surface area contributed by atoms with Gasteiger partial charge in [-0.2, -0.15) is 0 Å². The molecule has 6 heteroatoms. The van der Waals surface area contributed by atoms with E-state index in [1.165, 1.54) is 11.3 Å². The summed E-state index contributed by atoms with van der Waals surface area (Å²) in [7, 11) is 0. The summed E-state index contributed by atoms with van der Waals surface area (Å²) < 4.78 is 7.89. The molecule has 5 nitrogen and oxygen atoms in total. The molecule has 0 bridgehead atoms. The fourth-order valence-electron chi connectivity index (χ4n) is 2.93. The minimum Gasteiger partial charge on any atom is -0.494 e. The number of ether oxygens (including phenoxy) is 1. The van der Waals surface area contributed by atoms with Crippen molar-refractivity contribution in [2.75, 3.05) is 6.61 Å². The van der Waals surface area contributed by atoms with Crippen molar-refractivity contribution >= 4 is 27.3 Å². The van der Waals surface area contributed by atoms with Gasteiger partial charge in [-0.3, -0.25) is 9.59 Å². The van der Waals surface area contributed by atoms with Gasteiger partial charge < -0.3 is 14.6 Å². The van der Waals surface area contributed by atoms with Crippen LogP contribution >= 0.6 is 11.3 Å². The van der Waals surface area contributed by atoms with E-state index < -0.39 is 0 Å². The standard InChI is InChI=1S/C20H22N2O3S/c1-4-22-11-10-16-18(20(22)24)17(13(3)26-16)19(23)21-12-14-6-8-15(9-7-14)25-5-2/h6-11H,4-5,12H2,1-3H3,(H,21,23). The number of carbonyl (C=O) groups is 1. The van der Waals surface area contributed by atoms with Crippen molar-refractivity contribution in [2.24, 2.45) is 0 Å². The molecule has 2 heterocycles. The molecule has 0 fully saturated rings. The molecule has 3 rings (SSSR count). The number of thiophene rings is 1. The van der Waals surface area contributed by atoms with Crippen LogP contribution in [0.15, 0.2) is 41.3 Å². The first-order valence-corrected chi connectivity index (χ1v) is 9.49. The summed E-state index contributed by atoms with van der Waals surface area (Å²) in [6.07, 6.45) is 1.78. The molecular weight excluding hydrogens is 348 g/mol. The Morgan fingerprint density at radius 3 is 2.58 bits per heavy atom. The van der Waals surface area contributed by atoms with Gasteiger partial charge in [0, 0.05) is 28.9 Å². The largest absolute Gasteiger partial charge is 0.494 e. The molecule has 0 saturated carbocycles. The second-order valence-electron chi connectivity index (χ2n) is 5.94. The molecule has 2 aromatic heterocycles. The number of hydrogen-bond acceptors (Lipinski definition) is 4. The number of fused-ring (bicyclic) bond motifs is 1. The van der Waals surface area contributed by atoms with Gasteiger partial charge in [-0.25, -0.2) is 0 Å². The van der Waals surface area contributed by atoms with E-state index in [2.05, 4.69) is 5.32 Å². The molecule has 0 saturated heterocycles. The summed E-state index contributed by atoms with van der Waals surface area (Å²) in [5, 5.41) is 3.44. The number of benzene rings is 1. The van der Waals surface area contributed by atoms with Crippen LogP contribution in [0.2, 0.25) is 0 Å². The lowest BCUT2D eigenvalue weighted by Gasteiger charge is -2.08. The number of hydrogen-bond donors (Lipinski definition) is 1. The van der Waals surface area contributed by atoms with E-state index >= 15 is 0 Å². The third-order valence-electron chi connectivity index (χ3n) is 4.25. The Bertz CT molecular complexity index is 987. The number of aryl methyl sites for hydroxylation is 2. The first-order chi connectivity index (χ1) is 12.5. The molecule has 0 spiro atoms. The molecule has 1 amide bonds. The van der Waals surface area contributed by atoms with Crippen molar-refractivity contribution in [1.29, 1.82) is 0 Å². The molecule has 0 aliphatic heterocycles. The highest BCUT2D eigenvalue weighted by Crippen LogP contribution is 2.28. The summed E-state index contributed by atoms with van der Waals surface area (Å²) in [4.78, 5) is 26.3. The van der Waals surface area contributed by atoms with Gasteiger partial charge >= 0.3 is 0 Å². The number of carbonyl (C=O) groups excluding carboxylic acids is 1. The fraction of sp³-hybridized carbons (Fsp3) is 0.300. The molecule has 3 aromatic rings. The topological polar surface area (TPSA) is 60.3 Å². The van der Waals surface area contributed by atoms with E-state index in [9.17, 15) is 9.59 Å². The second-order valence-corrected chi connectivity index (χ2v) is 7.20. The molecule has 1 aromatic carbocycles. The zero-order chi connectivity index (χ0) is 18.7. The highest BCUT2D eigenvalue weighted by Gasteiger charge is 2.19. The predicted molar refractivity (Wildman–Crippen MR) is 105 cm³/mol. The Balaban J connectivity index is 1.83. The van der Waals surface area contributed by atoms with Crippen molar-refractivity contribution in [3.05, 3.63) is 62.9 Å². The van der Waals surface area contributed by atoms with Crippen LogP contribution in [0.5, 0.6) is 5.75 Å². The number of rotatable bonds is 6. The molecule has 136 valence electrons. The normalized spacial score (nSPS) is 10.9. The summed E-state index contributed by atoms with van der Waals surface area (Å²) in [5.74, 6) is 0.593. The van der Waals surface area contributed by atoms with Crippen molar-refractivity contribution in [3.8, 4) is 5.75 Å². The summed E-state index contributed by atoms with van der Waals surface area (Å²) >= 11 is 1.48. The molecule has 0 aliphatic rings. The quantitative estimate of drug-likeness (QED) is 0.719. The van der Waals surface area contributed by atoms with Crippen LogP contribution in [0.25, 0.3) is 10.1 Å². The van der Waals surface area contributed by atoms with Crippen LogP contribution in [-0.2, 0) is 13.1 Å². The van der Waals surface area contributed by atoms with Crippen LogP contribution in [0, 0.1) is 6.92 Å². The van der Waals surface area contributed by atoms with E-state index in [4.69, 9.17) is 4.74 Å². The highest BCUT2D eigenvalue weighted by atomic mass is 32.1. The fourth-order valence-corrected chi connectivity index (χ4v) is 3.98. The Hall–Kier alpha value is -2.60. The summed E-state index contributed by atoms with van der Waals surface area (Å²) in [6.45, 7) is 7.34. The maximum Gasteiger partial charge on any atom is 0.260 e. The van der Waals surface area contributed by atoms with Gasteiger partial charge in [0.15, 0.2) is 0 Å². The Kier molecular flexibility index (Phi) is 5.42. The molecular formula is C20H22N2O3S. The smallest absolute Gasteiger partial charge is 0.260 e. The second kappa shape index (κ2) is 7.74. The minimum atomic E-state index is -0.214. The number of pyridine rings is 1. The number of nitrogens with one attached hydrogen (secondary N) is 1. The summed E-state index contributed by atoms with van der Waals surface area (Å²) in [6, 6.07) is 9.52. The molecule has 0 unspecified atom stereocenters. The molecule has 1 N–H and O–H groups in total. The number of amides is 1. The van der Waals surface area contributed by atoms with Gasteiger partial charge in [-0.15, -0.1) is 11.3 Å². The lowest BCUT2D eigenvalue weighted by Crippen LogP contribution is -2.26. The Morgan fingerprint density at radius 1 is 1.19 bits per heavy atom. The van der Waals surface area contributed by atoms with E-state index in [0.717, 1.165) is 20.9 Å². The zero-order valence-electron chi connectivity index (χ0n) is 15.2. The highest BCUT2D eigenvalue weighted by molar-refractivity contribution is 7.19. The van der Waals surface area contributed by atoms with Crippen molar-refractivity contribution in [3.63, 3.8) is 0 Å². The van der Waals surface area contributed by atoms with E-state index in [-0.39, 0.29) is 11.5 Å². The minimum absolute atomic E-state index is 0.111. The number of aromatic nitrogens is 1. The van der Waals surface area contributed by atoms with Crippen LogP contribution in [-0.4, -0.2) is 17.1 Å². The molecule has 26 heavy (non-hydrogen) atoms. The van der Waals surface area contributed by atoms with Gasteiger partial charge in [-0.05, 0) is 44.5 Å². The average molecular weight is 370 g/mol. The van der Waals surface area contributed by atoms with Gasteiger partial charge in [-0.1, -0.05) is 12.1 Å². The third-order valence-corrected chi connectivity index (χ3v) is 5.32. The summed E-state index contributed by atoms with van der Waals surface area (Å²) in [5.41, 5.74) is 1.36. The molecule has 0 aliphatic carbocycles. The lowest BCUT2D eigenvalue weighted by molar-refractivity contribution is 0.0952. The Morgan fingerprint density at radius 2 is 1.92 bits per heavy atom. The van der Waals surface area contributed by atoms with E-state index in [1.807, 2.05) is 51.1 Å². The molecule has 0 radical (unpaired) electrons. The van der Waals surface area contributed by atoms with Gasteiger partial charge in [0.1, 0.15) is 5.75 Å². The maximum atomic E-state index is 12.8. The average Bonchev–Trinajstić information content (AvgIpc) is 2.98. The van der Waals surface area contributed by atoms with Crippen LogP contribution in [0.1, 0.15) is 34.6 Å². The lowest BCUT2D eigenvalue weighted by atomic mass is 10.1. The monoisotopic (exact) mass is 370 g/mol. The van der Waals surface area contributed by atoms with Gasteiger partial charge in [0.05, 0.1) is 17.6 Å². The van der Waals surface area contributed by atoms with Crippen molar-refractivity contribution in [1.82, 2.24) is 9.88 Å². The van der Waals surface area contributed by atoms with Crippen molar-refractivity contribution < 1.29 is 9.53 Å². The predicted octanol–water partition coefficient (Wildman–Crippen LogP) is 3.72. The maximum absolute atomic E-state index is 12.8. The Labute approximate surface area is 156 Å². The van der Waals surface area contributed by atoms with E-state index in [1.54, 1.807) is 10.8 Å². The van der Waals surface area contributed by atoms with Crippen LogP contribution in [0.3, 0.4) is 0 Å². The van der Waals surface area contributed by atoms with Gasteiger partial charge in [0.2, 0.25) is 0 Å². The SMILES string of the molecule is CCOc1ccc(CNC(=O)c2c(C)sc3ccn(CC)c(=O)c23)cc1. The first kappa shape index (κ1) is 18.2. The third kappa shape index (κ3) is 3.51. The van der Waals surface area contributed by atoms with Crippen LogP contribution in [0.4, 0.5) is 0 Å². The van der Waals surface area contributed by atoms with E-state index in [0.29, 0.717) is 30.6 Å². The van der Waals surface area contributed by atoms with Crippen molar-refractivity contribution in [2.45, 2.75) is 33.9 Å². The first-order valence-electron chi connectivity index (χ1n) is 8.67. The number of nitrogens with zero attached hydrogens (tertiary/aromatic N) is 1. The van der Waals surface area contributed by atoms with Crippen LogP contribution < -0.4 is 15.6 Å². The van der Waals surface area contributed by atoms with Gasteiger partial charge in [0.25, 0.3) is 11.5 Å². The zero-order valence-corrected chi connectivity index (χ0v) is 16.0. The molecule has 0 atom stereocenters.